The van der Waals surface area contributed by atoms with Gasteiger partial charge in [0.25, 0.3) is 0 Å². The first-order valence-corrected chi connectivity index (χ1v) is 11.6. The number of benzene rings is 2. The third-order valence-corrected chi connectivity index (χ3v) is 5.87. The summed E-state index contributed by atoms with van der Waals surface area (Å²) in [5.74, 6) is 0. The second-order valence-electron chi connectivity index (χ2n) is 8.81. The fourth-order valence-corrected chi connectivity index (χ4v) is 4.24. The van der Waals surface area contributed by atoms with Gasteiger partial charge in [-0.25, -0.2) is 0 Å². The average Bonchev–Trinajstić information content (AvgIpc) is 2.71. The van der Waals surface area contributed by atoms with Crippen molar-refractivity contribution in [2.24, 2.45) is 0 Å². The van der Waals surface area contributed by atoms with Crippen LogP contribution in [-0.2, 0) is 13.1 Å². The first-order valence-electron chi connectivity index (χ1n) is 11.6. The molecular formula is C27H42BrN. The Morgan fingerprint density at radius 1 is 0.552 bits per heavy atom. The smallest absolute Gasteiger partial charge is 0.104 e. The molecule has 0 N–H and O–H groups in total. The molecule has 1 nitrogen and oxygen atoms in total. The summed E-state index contributed by atoms with van der Waals surface area (Å²) in [6, 6.07) is 22.0. The van der Waals surface area contributed by atoms with Gasteiger partial charge in [-0.3, -0.25) is 0 Å². The molecule has 0 bridgehead atoms. The molecule has 0 saturated heterocycles. The molecule has 0 aromatic heterocycles. The summed E-state index contributed by atoms with van der Waals surface area (Å²) in [5.41, 5.74) is 2.90. The van der Waals surface area contributed by atoms with E-state index < -0.39 is 0 Å². The summed E-state index contributed by atoms with van der Waals surface area (Å²) >= 11 is 0. The fraction of sp³-hybridized carbons (Fsp3) is 0.556. The van der Waals surface area contributed by atoms with Crippen LogP contribution in [0.4, 0.5) is 0 Å². The number of halogens is 1. The number of nitrogens with zero attached hydrogens (tertiary/aromatic N) is 1. The summed E-state index contributed by atoms with van der Waals surface area (Å²) in [7, 11) is 2.44. The third kappa shape index (κ3) is 11.6. The average molecular weight is 461 g/mol. The minimum absolute atomic E-state index is 0. The predicted octanol–water partition coefficient (Wildman–Crippen LogP) is 4.76. The van der Waals surface area contributed by atoms with Crippen molar-refractivity contribution in [3.8, 4) is 0 Å². The van der Waals surface area contributed by atoms with Gasteiger partial charge in [0.2, 0.25) is 0 Å². The number of rotatable bonds is 15. The summed E-state index contributed by atoms with van der Waals surface area (Å²) in [6.07, 6.45) is 14.1. The Morgan fingerprint density at radius 3 is 1.34 bits per heavy atom. The predicted molar refractivity (Wildman–Crippen MR) is 123 cm³/mol. The van der Waals surface area contributed by atoms with Crippen LogP contribution in [0.3, 0.4) is 0 Å². The number of hydrogen-bond acceptors (Lipinski definition) is 0. The molecule has 0 unspecified atom stereocenters. The Balaban J connectivity index is 0.00000420. The van der Waals surface area contributed by atoms with Crippen molar-refractivity contribution in [1.29, 1.82) is 0 Å². The van der Waals surface area contributed by atoms with E-state index in [-0.39, 0.29) is 17.0 Å². The third-order valence-electron chi connectivity index (χ3n) is 5.87. The molecule has 0 amide bonds. The highest BCUT2D eigenvalue weighted by molar-refractivity contribution is 5.15. The summed E-state index contributed by atoms with van der Waals surface area (Å²) in [5, 5.41) is 0. The van der Waals surface area contributed by atoms with Crippen molar-refractivity contribution in [2.75, 3.05) is 13.6 Å². The van der Waals surface area contributed by atoms with Gasteiger partial charge in [-0.1, -0.05) is 119 Å². The molecule has 2 aromatic carbocycles. The maximum absolute atomic E-state index is 2.44. The zero-order chi connectivity index (χ0) is 19.9. The van der Waals surface area contributed by atoms with E-state index in [1.54, 1.807) is 0 Å². The van der Waals surface area contributed by atoms with Crippen LogP contribution in [0.15, 0.2) is 60.7 Å². The standard InChI is InChI=1S/C27H42N.BrH/c1-3-4-5-6-7-8-9-10-11-18-23-28(2,24-26-19-14-12-15-20-26)25-27-21-16-13-17-22-27;/h12-17,19-22H,3-11,18,23-25H2,1-2H3;1H/q+1;/p-1. The molecule has 0 heterocycles. The molecule has 2 rings (SSSR count). The van der Waals surface area contributed by atoms with Gasteiger partial charge in [0.05, 0.1) is 13.6 Å². The van der Waals surface area contributed by atoms with E-state index in [0.29, 0.717) is 0 Å². The van der Waals surface area contributed by atoms with E-state index in [4.69, 9.17) is 0 Å². The van der Waals surface area contributed by atoms with Crippen LogP contribution in [0.1, 0.15) is 82.3 Å². The summed E-state index contributed by atoms with van der Waals surface area (Å²) < 4.78 is 1.10. The first kappa shape index (κ1) is 25.9. The minimum atomic E-state index is 0. The highest BCUT2D eigenvalue weighted by Gasteiger charge is 2.22. The van der Waals surface area contributed by atoms with E-state index in [9.17, 15) is 0 Å². The number of hydrogen-bond donors (Lipinski definition) is 0. The molecule has 0 aliphatic rings. The molecule has 0 aliphatic carbocycles. The zero-order valence-electron chi connectivity index (χ0n) is 18.8. The van der Waals surface area contributed by atoms with E-state index in [2.05, 4.69) is 74.6 Å². The van der Waals surface area contributed by atoms with Gasteiger partial charge in [0.15, 0.2) is 0 Å². The Kier molecular flexibility index (Phi) is 14.0. The van der Waals surface area contributed by atoms with Crippen LogP contribution in [0.25, 0.3) is 0 Å². The lowest BCUT2D eigenvalue weighted by atomic mass is 10.1. The van der Waals surface area contributed by atoms with Crippen molar-refractivity contribution in [3.05, 3.63) is 71.8 Å². The van der Waals surface area contributed by atoms with Crippen LogP contribution >= 0.6 is 0 Å². The van der Waals surface area contributed by atoms with Crippen LogP contribution in [0.5, 0.6) is 0 Å². The molecule has 0 aliphatic heterocycles. The lowest BCUT2D eigenvalue weighted by Crippen LogP contribution is -3.00. The van der Waals surface area contributed by atoms with Crippen molar-refractivity contribution >= 4 is 0 Å². The lowest BCUT2D eigenvalue weighted by Gasteiger charge is -2.35. The van der Waals surface area contributed by atoms with E-state index in [0.717, 1.165) is 17.6 Å². The quantitative estimate of drug-likeness (QED) is 0.266. The van der Waals surface area contributed by atoms with Crippen molar-refractivity contribution in [3.63, 3.8) is 0 Å². The molecule has 2 heteroatoms. The maximum Gasteiger partial charge on any atom is 0.104 e. The van der Waals surface area contributed by atoms with Crippen LogP contribution in [0, 0.1) is 0 Å². The van der Waals surface area contributed by atoms with Gasteiger partial charge in [-0.15, -0.1) is 0 Å². The molecule has 0 atom stereocenters. The second kappa shape index (κ2) is 15.7. The second-order valence-corrected chi connectivity index (χ2v) is 8.81. The normalized spacial score (nSPS) is 11.2. The van der Waals surface area contributed by atoms with E-state index in [1.807, 2.05) is 0 Å². The summed E-state index contributed by atoms with van der Waals surface area (Å²) in [6.45, 7) is 5.79. The largest absolute Gasteiger partial charge is 1.00 e. The van der Waals surface area contributed by atoms with Crippen molar-refractivity contribution in [2.45, 2.75) is 84.2 Å². The number of unbranched alkanes of at least 4 members (excludes halogenated alkanes) is 9. The highest BCUT2D eigenvalue weighted by Crippen LogP contribution is 2.19. The monoisotopic (exact) mass is 459 g/mol. The van der Waals surface area contributed by atoms with Gasteiger partial charge in [0.1, 0.15) is 13.1 Å². The van der Waals surface area contributed by atoms with Gasteiger partial charge < -0.3 is 21.5 Å². The molecule has 2 aromatic rings. The van der Waals surface area contributed by atoms with Gasteiger partial charge in [0, 0.05) is 11.1 Å². The maximum atomic E-state index is 2.44. The SMILES string of the molecule is CCCCCCCCCCCC[N+](C)(Cc1ccccc1)Cc1ccccc1.[Br-]. The molecule has 0 radical (unpaired) electrons. The van der Waals surface area contributed by atoms with E-state index in [1.165, 1.54) is 81.9 Å². The van der Waals surface area contributed by atoms with Crippen LogP contribution in [-0.4, -0.2) is 18.1 Å². The highest BCUT2D eigenvalue weighted by atomic mass is 79.9. The lowest BCUT2D eigenvalue weighted by molar-refractivity contribution is -0.935. The Labute approximate surface area is 190 Å². The molecule has 0 saturated carbocycles. The van der Waals surface area contributed by atoms with E-state index >= 15 is 0 Å². The topological polar surface area (TPSA) is 0 Å². The Bertz CT molecular complexity index is 569. The molecule has 29 heavy (non-hydrogen) atoms. The molecule has 0 fully saturated rings. The zero-order valence-corrected chi connectivity index (χ0v) is 20.4. The minimum Gasteiger partial charge on any atom is -1.00 e. The molecule has 162 valence electrons. The Hall–Kier alpha value is -1.12. The number of quaternary nitrogens is 1. The first-order chi connectivity index (χ1) is 13.7. The fourth-order valence-electron chi connectivity index (χ4n) is 4.24. The van der Waals surface area contributed by atoms with Crippen LogP contribution in [0.2, 0.25) is 0 Å². The van der Waals surface area contributed by atoms with Crippen molar-refractivity contribution in [1.82, 2.24) is 0 Å². The molecule has 0 spiro atoms. The summed E-state index contributed by atoms with van der Waals surface area (Å²) in [4.78, 5) is 0. The Morgan fingerprint density at radius 2 is 0.931 bits per heavy atom. The van der Waals surface area contributed by atoms with Gasteiger partial charge in [-0.2, -0.15) is 0 Å². The van der Waals surface area contributed by atoms with Gasteiger partial charge in [-0.05, 0) is 12.8 Å². The van der Waals surface area contributed by atoms with Crippen LogP contribution < -0.4 is 17.0 Å². The van der Waals surface area contributed by atoms with Gasteiger partial charge >= 0.3 is 0 Å². The van der Waals surface area contributed by atoms with Crippen molar-refractivity contribution < 1.29 is 21.5 Å². The molecular weight excluding hydrogens is 418 g/mol.